The molecule has 0 bridgehead atoms. The van der Waals surface area contributed by atoms with Crippen molar-refractivity contribution >= 4 is 23.6 Å². The van der Waals surface area contributed by atoms with Gasteiger partial charge in [0.2, 0.25) is 11.8 Å². The minimum atomic E-state index is -1.29. The molecule has 3 aromatic rings. The fourth-order valence-electron chi connectivity index (χ4n) is 6.21. The van der Waals surface area contributed by atoms with E-state index in [0.29, 0.717) is 43.4 Å². The average molecular weight is 713 g/mol. The van der Waals surface area contributed by atoms with Crippen molar-refractivity contribution in [3.63, 3.8) is 0 Å². The van der Waals surface area contributed by atoms with Crippen molar-refractivity contribution < 1.29 is 34.0 Å². The van der Waals surface area contributed by atoms with Crippen LogP contribution in [0.4, 0.5) is 0 Å². The number of benzene rings is 1. The molecule has 50 heavy (non-hydrogen) atoms. The van der Waals surface area contributed by atoms with Crippen LogP contribution >= 0.6 is 11.8 Å². The van der Waals surface area contributed by atoms with Gasteiger partial charge in [-0.25, -0.2) is 0 Å². The number of carbonyl (C=O) groups is 2. The molecule has 0 saturated carbocycles. The van der Waals surface area contributed by atoms with E-state index in [1.807, 2.05) is 47.6 Å². The lowest BCUT2D eigenvalue weighted by molar-refractivity contribution is -0.145. The lowest BCUT2D eigenvalue weighted by Gasteiger charge is -2.38. The Bertz CT molecular complexity index is 1520. The van der Waals surface area contributed by atoms with E-state index < -0.39 is 18.3 Å². The van der Waals surface area contributed by atoms with E-state index in [4.69, 9.17) is 14.2 Å². The Morgan fingerprint density at radius 2 is 1.80 bits per heavy atom. The number of thioether (sulfide) groups is 1. The second kappa shape index (κ2) is 19.3. The van der Waals surface area contributed by atoms with Gasteiger partial charge >= 0.3 is 0 Å². The van der Waals surface area contributed by atoms with Gasteiger partial charge in [-0.2, -0.15) is 0 Å². The predicted octanol–water partition coefficient (Wildman–Crippen LogP) is 3.30. The van der Waals surface area contributed by atoms with Crippen LogP contribution in [0.5, 0.6) is 0 Å². The number of hydrogen-bond donors (Lipinski definition) is 2. The molecular weight excluding hydrogens is 660 g/mol. The normalized spacial score (nSPS) is 21.3. The smallest absolute Gasteiger partial charge is 0.248 e. The average Bonchev–Trinajstić information content (AvgIpc) is 3.51. The number of aliphatic hydroxyl groups is 2. The summed E-state index contributed by atoms with van der Waals surface area (Å²) in [5.41, 5.74) is 3.96. The second-order valence-corrected chi connectivity index (χ2v) is 14.1. The Morgan fingerprint density at radius 1 is 1.04 bits per heavy atom. The highest BCUT2D eigenvalue weighted by Gasteiger charge is 2.34. The molecule has 4 rings (SSSR count). The number of hydrogen-bond acceptors (Lipinski definition) is 11. The molecular formula is C36H52N6O7S. The maximum absolute atomic E-state index is 14.3. The van der Waals surface area contributed by atoms with Crippen LogP contribution in [0.3, 0.4) is 0 Å². The highest BCUT2D eigenvalue weighted by Crippen LogP contribution is 2.30. The van der Waals surface area contributed by atoms with E-state index in [9.17, 15) is 19.8 Å². The molecule has 0 unspecified atom stereocenters. The summed E-state index contributed by atoms with van der Waals surface area (Å²) in [7, 11) is 2.88. The molecule has 14 heteroatoms. The molecule has 2 aromatic heterocycles. The summed E-state index contributed by atoms with van der Waals surface area (Å²) in [6, 6.07) is 9.63. The zero-order valence-electron chi connectivity index (χ0n) is 30.0. The maximum atomic E-state index is 14.3. The van der Waals surface area contributed by atoms with E-state index in [1.165, 1.54) is 26.0 Å². The van der Waals surface area contributed by atoms with Gasteiger partial charge in [-0.3, -0.25) is 19.1 Å². The van der Waals surface area contributed by atoms with E-state index in [2.05, 4.69) is 35.1 Å². The molecule has 0 aliphatic carbocycles. The second-order valence-electron chi connectivity index (χ2n) is 13.2. The summed E-state index contributed by atoms with van der Waals surface area (Å²) < 4.78 is 18.4. The van der Waals surface area contributed by atoms with Gasteiger partial charge in [0.1, 0.15) is 24.9 Å². The Labute approximate surface area is 299 Å². The van der Waals surface area contributed by atoms with Crippen molar-refractivity contribution in [2.45, 2.75) is 76.5 Å². The first-order valence-electron chi connectivity index (χ1n) is 17.1. The third-order valence-corrected chi connectivity index (χ3v) is 9.66. The summed E-state index contributed by atoms with van der Waals surface area (Å²) in [5.74, 6) is 0.568. The topological polar surface area (TPSA) is 152 Å². The van der Waals surface area contributed by atoms with Crippen LogP contribution in [0.25, 0.3) is 17.1 Å². The molecule has 0 spiro atoms. The Kier molecular flexibility index (Phi) is 15.2. The van der Waals surface area contributed by atoms with Gasteiger partial charge in [-0.15, -0.1) is 10.2 Å². The number of amides is 2. The Morgan fingerprint density at radius 3 is 2.48 bits per heavy atom. The number of aryl methyl sites for hydroxylation is 2. The Balaban J connectivity index is 1.67. The molecule has 1 saturated heterocycles. The van der Waals surface area contributed by atoms with Crippen molar-refractivity contribution in [3.05, 3.63) is 53.9 Å². The number of methoxy groups -OCH3 is 2. The molecule has 1 aliphatic rings. The van der Waals surface area contributed by atoms with Gasteiger partial charge in [0.25, 0.3) is 0 Å². The van der Waals surface area contributed by atoms with Crippen LogP contribution in [-0.4, -0.2) is 135 Å². The van der Waals surface area contributed by atoms with Gasteiger partial charge in [0.05, 0.1) is 18.0 Å². The lowest BCUT2D eigenvalue weighted by atomic mass is 10.00. The van der Waals surface area contributed by atoms with E-state index >= 15 is 0 Å². The van der Waals surface area contributed by atoms with Crippen LogP contribution in [-0.2, 0) is 23.8 Å². The number of rotatable bonds is 10. The summed E-state index contributed by atoms with van der Waals surface area (Å²) in [6.07, 6.45) is 2.00. The molecule has 1 aliphatic heterocycles. The van der Waals surface area contributed by atoms with Crippen molar-refractivity contribution in [2.24, 2.45) is 5.92 Å². The minimum absolute atomic E-state index is 0.000908. The van der Waals surface area contributed by atoms with Crippen LogP contribution in [0.1, 0.15) is 44.2 Å². The van der Waals surface area contributed by atoms with Gasteiger partial charge in [0, 0.05) is 64.5 Å². The van der Waals surface area contributed by atoms with Crippen molar-refractivity contribution in [1.82, 2.24) is 29.5 Å². The molecule has 13 nitrogen and oxygen atoms in total. The zero-order chi connectivity index (χ0) is 36.2. The fourth-order valence-corrected chi connectivity index (χ4v) is 7.04. The van der Waals surface area contributed by atoms with Crippen molar-refractivity contribution in [3.8, 4) is 17.1 Å². The van der Waals surface area contributed by atoms with Crippen molar-refractivity contribution in [1.29, 1.82) is 0 Å². The summed E-state index contributed by atoms with van der Waals surface area (Å²) in [6.45, 7) is 9.04. The fraction of sp³-hybridized carbons (Fsp3) is 0.583. The molecule has 1 fully saturated rings. The highest BCUT2D eigenvalue weighted by atomic mass is 32.2. The summed E-state index contributed by atoms with van der Waals surface area (Å²) in [5, 5.41) is 31.2. The molecule has 2 N–H and O–H groups in total. The molecule has 0 radical (unpaired) electrons. The van der Waals surface area contributed by atoms with Gasteiger partial charge in [0.15, 0.2) is 11.0 Å². The van der Waals surface area contributed by atoms with Gasteiger partial charge in [-0.1, -0.05) is 43.3 Å². The monoisotopic (exact) mass is 712 g/mol. The van der Waals surface area contributed by atoms with Crippen LogP contribution < -0.4 is 0 Å². The quantitative estimate of drug-likeness (QED) is 0.298. The maximum Gasteiger partial charge on any atom is 0.248 e. The zero-order valence-corrected chi connectivity index (χ0v) is 30.8. The standard InChI is InChI=1S/C36H52N6O7S/c1-24(2)17-28-19-40(32(44)22-47-5)20-31(48-6)34(46)30(43)21-49-16-8-7-15-41(28)33(45)23-50-36-39-38-35(27-11-13-37-14-12-27)42(36)29-10-9-25(3)18-26(29)4/h9-14,18,24,28,30-31,34,43,46H,7-8,15-17,19-23H2,1-6H3/t28-,30+,31+,34+/m0/s1. The largest absolute Gasteiger partial charge is 0.388 e. The molecule has 1 aromatic carbocycles. The number of aromatic nitrogens is 4. The van der Waals surface area contributed by atoms with Crippen LogP contribution in [0.2, 0.25) is 0 Å². The molecule has 3 heterocycles. The lowest BCUT2D eigenvalue weighted by Crippen LogP contribution is -2.54. The first-order valence-corrected chi connectivity index (χ1v) is 18.1. The first-order chi connectivity index (χ1) is 24.0. The molecule has 274 valence electrons. The van der Waals surface area contributed by atoms with E-state index in [-0.39, 0.29) is 55.8 Å². The number of carbonyl (C=O) groups excluding carboxylic acids is 2. The molecule has 4 atom stereocenters. The highest BCUT2D eigenvalue weighted by molar-refractivity contribution is 7.99. The van der Waals surface area contributed by atoms with Crippen molar-refractivity contribution in [2.75, 3.05) is 59.4 Å². The number of nitrogens with zero attached hydrogens (tertiary/aromatic N) is 6. The minimum Gasteiger partial charge on any atom is -0.388 e. The number of aliphatic hydroxyl groups excluding tert-OH is 2. The predicted molar refractivity (Wildman–Crippen MR) is 191 cm³/mol. The number of ether oxygens (including phenoxy) is 3. The van der Waals surface area contributed by atoms with Gasteiger partial charge < -0.3 is 34.2 Å². The molecule has 2 amide bonds. The van der Waals surface area contributed by atoms with E-state index in [0.717, 1.165) is 22.4 Å². The SMILES string of the molecule is COCC(=O)N1C[C@H](CC(C)C)N(C(=O)CSc2nnc(-c3ccncc3)n2-c2ccc(C)cc2C)CCCCOC[C@@H](O)[C@@H](O)[C@H](OC)C1. The summed E-state index contributed by atoms with van der Waals surface area (Å²) in [4.78, 5) is 35.3. The Hall–Kier alpha value is -3.40. The van der Waals surface area contributed by atoms with Crippen LogP contribution in [0, 0.1) is 19.8 Å². The first kappa shape index (κ1) is 39.4. The number of pyridine rings is 1. The van der Waals surface area contributed by atoms with Gasteiger partial charge in [-0.05, 0) is 62.8 Å². The third-order valence-electron chi connectivity index (χ3n) is 8.75. The van der Waals surface area contributed by atoms with Crippen LogP contribution in [0.15, 0.2) is 47.9 Å². The van der Waals surface area contributed by atoms with E-state index in [1.54, 1.807) is 17.3 Å². The summed E-state index contributed by atoms with van der Waals surface area (Å²) >= 11 is 1.32. The third kappa shape index (κ3) is 10.6.